The Bertz CT molecular complexity index is 465. The Kier molecular flexibility index (Phi) is 8.38. The summed E-state index contributed by atoms with van der Waals surface area (Å²) in [6.07, 6.45) is -0.447. The molecule has 1 aromatic carbocycles. The Morgan fingerprint density at radius 2 is 1.90 bits per heavy atom. The standard InChI is InChI=1S/C13H16F2N2O2.C2H6/c1-10-4-2-3-5-11(10)12(19)17(9-18)8-13(14,15)6-7-16;1-2/h2-5,9H,6-8,16H2,1H3;1-2H3. The van der Waals surface area contributed by atoms with Crippen LogP contribution in [0.1, 0.15) is 36.2 Å². The molecule has 0 spiro atoms. The number of carbonyl (C=O) groups excluding carboxylic acids is 2. The SMILES string of the molecule is CC.Cc1ccccc1C(=O)N(C=O)CC(F)(F)CCN. The molecule has 118 valence electrons. The molecule has 0 aliphatic carbocycles. The summed E-state index contributed by atoms with van der Waals surface area (Å²) in [5.74, 6) is -3.90. The molecule has 0 aliphatic heterocycles. The molecule has 21 heavy (non-hydrogen) atoms. The van der Waals surface area contributed by atoms with Crippen LogP contribution in [0.2, 0.25) is 0 Å². The van der Waals surface area contributed by atoms with Crippen molar-refractivity contribution in [3.63, 3.8) is 0 Å². The fourth-order valence-corrected chi connectivity index (χ4v) is 1.66. The monoisotopic (exact) mass is 300 g/mol. The van der Waals surface area contributed by atoms with Gasteiger partial charge in [0.1, 0.15) is 0 Å². The number of nitrogens with zero attached hydrogens (tertiary/aromatic N) is 1. The smallest absolute Gasteiger partial charge is 0.267 e. The first-order valence-electron chi connectivity index (χ1n) is 6.81. The normalized spacial score (nSPS) is 10.4. The molecule has 2 amide bonds. The van der Waals surface area contributed by atoms with E-state index in [0.717, 1.165) is 0 Å². The van der Waals surface area contributed by atoms with Gasteiger partial charge in [0.05, 0.1) is 6.54 Å². The molecule has 0 atom stereocenters. The third-order valence-corrected chi connectivity index (χ3v) is 2.68. The number of benzene rings is 1. The van der Waals surface area contributed by atoms with Crippen LogP contribution in [-0.2, 0) is 4.79 Å². The van der Waals surface area contributed by atoms with Crippen LogP contribution < -0.4 is 5.73 Å². The molecular weight excluding hydrogens is 278 g/mol. The Morgan fingerprint density at radius 1 is 1.33 bits per heavy atom. The molecule has 4 nitrogen and oxygen atoms in total. The minimum Gasteiger partial charge on any atom is -0.330 e. The van der Waals surface area contributed by atoms with Crippen molar-refractivity contribution < 1.29 is 18.4 Å². The second-order valence-corrected chi connectivity index (χ2v) is 4.25. The number of rotatable bonds is 6. The van der Waals surface area contributed by atoms with E-state index in [1.807, 2.05) is 13.8 Å². The summed E-state index contributed by atoms with van der Waals surface area (Å²) in [6, 6.07) is 6.51. The lowest BCUT2D eigenvalue weighted by atomic mass is 10.1. The van der Waals surface area contributed by atoms with Crippen LogP contribution in [0.3, 0.4) is 0 Å². The average Bonchev–Trinajstić information content (AvgIpc) is 2.46. The van der Waals surface area contributed by atoms with Crippen LogP contribution in [0.4, 0.5) is 8.78 Å². The van der Waals surface area contributed by atoms with E-state index in [1.165, 1.54) is 6.07 Å². The van der Waals surface area contributed by atoms with E-state index in [9.17, 15) is 18.4 Å². The quantitative estimate of drug-likeness (QED) is 0.821. The van der Waals surface area contributed by atoms with Gasteiger partial charge in [-0.05, 0) is 25.1 Å². The van der Waals surface area contributed by atoms with Gasteiger partial charge in [0.2, 0.25) is 6.41 Å². The van der Waals surface area contributed by atoms with Gasteiger partial charge in [0.25, 0.3) is 11.8 Å². The van der Waals surface area contributed by atoms with E-state index in [1.54, 1.807) is 25.1 Å². The molecule has 6 heteroatoms. The molecule has 1 rings (SSSR count). The van der Waals surface area contributed by atoms with E-state index < -0.39 is 24.8 Å². The number of carbonyl (C=O) groups is 2. The lowest BCUT2D eigenvalue weighted by Gasteiger charge is -2.22. The van der Waals surface area contributed by atoms with Crippen LogP contribution in [0, 0.1) is 6.92 Å². The number of halogens is 2. The number of aryl methyl sites for hydroxylation is 1. The first kappa shape index (κ1) is 19.2. The maximum absolute atomic E-state index is 13.4. The molecule has 0 bridgehead atoms. The number of alkyl halides is 2. The average molecular weight is 300 g/mol. The van der Waals surface area contributed by atoms with Gasteiger partial charge < -0.3 is 5.73 Å². The first-order valence-corrected chi connectivity index (χ1v) is 6.81. The lowest BCUT2D eigenvalue weighted by Crippen LogP contribution is -2.41. The number of amides is 2. The molecular formula is C15H22F2N2O2. The second-order valence-electron chi connectivity index (χ2n) is 4.25. The van der Waals surface area contributed by atoms with Crippen LogP contribution >= 0.6 is 0 Å². The highest BCUT2D eigenvalue weighted by Gasteiger charge is 2.33. The highest BCUT2D eigenvalue weighted by Crippen LogP contribution is 2.20. The van der Waals surface area contributed by atoms with Crippen LogP contribution in [-0.4, -0.2) is 36.2 Å². The summed E-state index contributed by atoms with van der Waals surface area (Å²) in [5, 5.41) is 0. The molecule has 1 aromatic rings. The third-order valence-electron chi connectivity index (χ3n) is 2.68. The third kappa shape index (κ3) is 5.99. The van der Waals surface area contributed by atoms with E-state index in [0.29, 0.717) is 10.5 Å². The van der Waals surface area contributed by atoms with Crippen molar-refractivity contribution in [1.29, 1.82) is 0 Å². The fourth-order valence-electron chi connectivity index (χ4n) is 1.66. The highest BCUT2D eigenvalue weighted by molar-refractivity contribution is 6.00. The predicted molar refractivity (Wildman–Crippen MR) is 78.2 cm³/mol. The van der Waals surface area contributed by atoms with Crippen LogP contribution in [0.5, 0.6) is 0 Å². The summed E-state index contributed by atoms with van der Waals surface area (Å²) in [5.41, 5.74) is 5.93. The molecule has 2 N–H and O–H groups in total. The maximum atomic E-state index is 13.4. The van der Waals surface area contributed by atoms with Crippen LogP contribution in [0.25, 0.3) is 0 Å². The Hall–Kier alpha value is -1.82. The molecule has 0 unspecified atom stereocenters. The van der Waals surface area contributed by atoms with Gasteiger partial charge in [0, 0.05) is 12.0 Å². The molecule has 0 saturated carbocycles. The number of imide groups is 1. The van der Waals surface area contributed by atoms with Gasteiger partial charge in [-0.15, -0.1) is 0 Å². The van der Waals surface area contributed by atoms with Crippen molar-refractivity contribution >= 4 is 12.3 Å². The summed E-state index contributed by atoms with van der Waals surface area (Å²) in [7, 11) is 0. The number of nitrogens with two attached hydrogens (primary N) is 1. The van der Waals surface area contributed by atoms with Crippen molar-refractivity contribution in [2.24, 2.45) is 5.73 Å². The van der Waals surface area contributed by atoms with Crippen molar-refractivity contribution in [3.8, 4) is 0 Å². The Balaban J connectivity index is 0.00000191. The van der Waals surface area contributed by atoms with Crippen LogP contribution in [0.15, 0.2) is 24.3 Å². The number of hydrogen-bond acceptors (Lipinski definition) is 3. The minimum absolute atomic E-state index is 0.124. The van der Waals surface area contributed by atoms with Gasteiger partial charge in [-0.1, -0.05) is 32.0 Å². The molecule has 0 saturated heterocycles. The largest absolute Gasteiger partial charge is 0.330 e. The topological polar surface area (TPSA) is 63.4 Å². The molecule has 0 aliphatic rings. The van der Waals surface area contributed by atoms with E-state index >= 15 is 0 Å². The van der Waals surface area contributed by atoms with Crippen molar-refractivity contribution in [3.05, 3.63) is 35.4 Å². The Labute approximate surface area is 123 Å². The van der Waals surface area contributed by atoms with Crippen molar-refractivity contribution in [2.75, 3.05) is 13.1 Å². The molecule has 0 heterocycles. The predicted octanol–water partition coefficient (Wildman–Crippen LogP) is 2.60. The first-order chi connectivity index (χ1) is 9.91. The van der Waals surface area contributed by atoms with E-state index in [2.05, 4.69) is 0 Å². The fraction of sp³-hybridized carbons (Fsp3) is 0.467. The van der Waals surface area contributed by atoms with Crippen molar-refractivity contribution in [2.45, 2.75) is 33.1 Å². The Morgan fingerprint density at radius 3 is 2.38 bits per heavy atom. The zero-order valence-electron chi connectivity index (χ0n) is 12.6. The second kappa shape index (κ2) is 9.18. The summed E-state index contributed by atoms with van der Waals surface area (Å²) in [6.45, 7) is 4.51. The summed E-state index contributed by atoms with van der Waals surface area (Å²) >= 11 is 0. The summed E-state index contributed by atoms with van der Waals surface area (Å²) < 4.78 is 26.8. The van der Waals surface area contributed by atoms with Crippen molar-refractivity contribution in [1.82, 2.24) is 4.90 Å². The van der Waals surface area contributed by atoms with Gasteiger partial charge >= 0.3 is 0 Å². The van der Waals surface area contributed by atoms with Gasteiger partial charge in [0.15, 0.2) is 0 Å². The minimum atomic E-state index is -3.17. The highest BCUT2D eigenvalue weighted by atomic mass is 19.3. The van der Waals surface area contributed by atoms with Gasteiger partial charge in [-0.25, -0.2) is 8.78 Å². The summed E-state index contributed by atoms with van der Waals surface area (Å²) in [4.78, 5) is 23.3. The van der Waals surface area contributed by atoms with E-state index in [-0.39, 0.29) is 18.5 Å². The van der Waals surface area contributed by atoms with Gasteiger partial charge in [-0.3, -0.25) is 14.5 Å². The van der Waals surface area contributed by atoms with E-state index in [4.69, 9.17) is 5.73 Å². The maximum Gasteiger partial charge on any atom is 0.267 e. The zero-order valence-corrected chi connectivity index (χ0v) is 12.6. The van der Waals surface area contributed by atoms with Gasteiger partial charge in [-0.2, -0.15) is 0 Å². The lowest BCUT2D eigenvalue weighted by molar-refractivity contribution is -0.120. The molecule has 0 radical (unpaired) electrons. The number of hydrogen-bond donors (Lipinski definition) is 1. The molecule has 0 fully saturated rings. The zero-order chi connectivity index (χ0) is 16.5. The molecule has 0 aromatic heterocycles.